The van der Waals surface area contributed by atoms with Gasteiger partial charge in [0.25, 0.3) is 0 Å². The smallest absolute Gasteiger partial charge is 0.0258 e. The van der Waals surface area contributed by atoms with E-state index in [1.54, 1.807) is 0 Å². The molecule has 0 radical (unpaired) electrons. The van der Waals surface area contributed by atoms with E-state index in [9.17, 15) is 0 Å². The minimum absolute atomic E-state index is 0.632. The molecule has 1 nitrogen and oxygen atoms in total. The van der Waals surface area contributed by atoms with Crippen LogP contribution in [0.2, 0.25) is 0 Å². The Bertz CT molecular complexity index is 351. The summed E-state index contributed by atoms with van der Waals surface area (Å²) >= 11 is 0. The molecule has 29 heavy (non-hydrogen) atoms. The number of unbranched alkanes of at least 4 members (excludes halogenated alkanes) is 14. The molecule has 0 heterocycles. The Morgan fingerprint density at radius 1 is 0.586 bits per heavy atom. The fourth-order valence-corrected chi connectivity index (χ4v) is 4.06. The summed E-state index contributed by atoms with van der Waals surface area (Å²) in [5, 5.41) is 3.77. The van der Waals surface area contributed by atoms with Crippen molar-refractivity contribution >= 4 is 0 Å². The van der Waals surface area contributed by atoms with Gasteiger partial charge in [-0.25, -0.2) is 0 Å². The van der Waals surface area contributed by atoms with Gasteiger partial charge in [-0.1, -0.05) is 129 Å². The monoisotopic (exact) mass is 405 g/mol. The van der Waals surface area contributed by atoms with Crippen LogP contribution in [-0.4, -0.2) is 6.04 Å². The lowest BCUT2D eigenvalue weighted by molar-refractivity contribution is 0.432. The molecular weight excluding hydrogens is 350 g/mol. The molecule has 0 aliphatic heterocycles. The fraction of sp³-hybridized carbons (Fsp3) is 0.857. The maximum Gasteiger partial charge on any atom is 0.0258 e. The van der Waals surface area contributed by atoms with Crippen molar-refractivity contribution in [3.05, 3.63) is 24.4 Å². The van der Waals surface area contributed by atoms with Crippen molar-refractivity contribution in [2.45, 2.75) is 155 Å². The molecule has 0 unspecified atom stereocenters. The van der Waals surface area contributed by atoms with Crippen LogP contribution in [0.25, 0.3) is 0 Å². The molecule has 0 bridgehead atoms. The summed E-state index contributed by atoms with van der Waals surface area (Å²) in [6, 6.07) is 0.632. The molecule has 0 atom stereocenters. The molecule has 0 fully saturated rings. The Hall–Kier alpha value is -0.720. The highest BCUT2D eigenvalue weighted by atomic mass is 14.9. The van der Waals surface area contributed by atoms with Gasteiger partial charge < -0.3 is 5.32 Å². The lowest BCUT2D eigenvalue weighted by Crippen LogP contribution is -2.28. The Labute approximate surface area is 185 Å². The lowest BCUT2D eigenvalue weighted by atomic mass is 9.99. The normalized spacial score (nSPS) is 11.2. The first-order valence-electron chi connectivity index (χ1n) is 13.2. The summed E-state index contributed by atoms with van der Waals surface area (Å²) in [6.07, 6.45) is 27.3. The number of hydrogen-bond donors (Lipinski definition) is 1. The van der Waals surface area contributed by atoms with Crippen LogP contribution < -0.4 is 5.32 Å². The van der Waals surface area contributed by atoms with E-state index in [0.717, 1.165) is 12.8 Å². The molecule has 0 aliphatic carbocycles. The van der Waals surface area contributed by atoms with E-state index in [0.29, 0.717) is 6.04 Å². The van der Waals surface area contributed by atoms with E-state index in [1.807, 2.05) is 0 Å². The van der Waals surface area contributed by atoms with E-state index < -0.39 is 0 Å². The van der Waals surface area contributed by atoms with Crippen molar-refractivity contribution in [3.63, 3.8) is 0 Å². The minimum Gasteiger partial charge on any atom is -0.386 e. The molecule has 1 N–H and O–H groups in total. The van der Waals surface area contributed by atoms with Gasteiger partial charge in [-0.3, -0.25) is 0 Å². The van der Waals surface area contributed by atoms with Gasteiger partial charge in [-0.2, -0.15) is 0 Å². The third-order valence-corrected chi connectivity index (χ3v) is 6.07. The van der Waals surface area contributed by atoms with Crippen LogP contribution in [0.15, 0.2) is 24.4 Å². The van der Waals surface area contributed by atoms with Crippen LogP contribution in [0.5, 0.6) is 0 Å². The van der Waals surface area contributed by atoms with Crippen LogP contribution in [0.3, 0.4) is 0 Å². The number of nitrogens with one attached hydrogen (secondary N) is 1. The predicted molar refractivity (Wildman–Crippen MR) is 135 cm³/mol. The molecule has 0 aromatic heterocycles. The highest BCUT2D eigenvalue weighted by molar-refractivity contribution is 4.99. The first-order chi connectivity index (χ1) is 14.1. The summed E-state index contributed by atoms with van der Waals surface area (Å²) in [4.78, 5) is 0. The van der Waals surface area contributed by atoms with Crippen molar-refractivity contribution in [2.75, 3.05) is 0 Å². The van der Waals surface area contributed by atoms with Gasteiger partial charge in [-0.15, -0.1) is 6.58 Å². The minimum atomic E-state index is 0.632. The zero-order valence-corrected chi connectivity index (χ0v) is 20.6. The van der Waals surface area contributed by atoms with Crippen molar-refractivity contribution in [1.82, 2.24) is 5.32 Å². The quantitative estimate of drug-likeness (QED) is 0.132. The second kappa shape index (κ2) is 22.0. The average Bonchev–Trinajstić information content (AvgIpc) is 2.70. The first kappa shape index (κ1) is 28.3. The Balaban J connectivity index is 3.99. The molecule has 172 valence electrons. The SMILES string of the molecule is C=C(C)CCC(=C)NC(CCCCCCCCCC)CCCCCCCCCC. The van der Waals surface area contributed by atoms with Gasteiger partial charge in [0.2, 0.25) is 0 Å². The molecule has 0 aromatic carbocycles. The summed E-state index contributed by atoms with van der Waals surface area (Å²) in [7, 11) is 0. The van der Waals surface area contributed by atoms with Crippen LogP contribution >= 0.6 is 0 Å². The third kappa shape index (κ3) is 21.8. The van der Waals surface area contributed by atoms with Crippen LogP contribution in [0.4, 0.5) is 0 Å². The van der Waals surface area contributed by atoms with Crippen LogP contribution in [-0.2, 0) is 0 Å². The van der Waals surface area contributed by atoms with E-state index in [1.165, 1.54) is 127 Å². The highest BCUT2D eigenvalue weighted by Gasteiger charge is 2.09. The average molecular weight is 406 g/mol. The Morgan fingerprint density at radius 3 is 1.34 bits per heavy atom. The summed E-state index contributed by atoms with van der Waals surface area (Å²) in [6.45, 7) is 15.0. The van der Waals surface area contributed by atoms with Crippen molar-refractivity contribution in [1.29, 1.82) is 0 Å². The largest absolute Gasteiger partial charge is 0.386 e. The van der Waals surface area contributed by atoms with Crippen LogP contribution in [0.1, 0.15) is 149 Å². The van der Waals surface area contributed by atoms with Crippen molar-refractivity contribution < 1.29 is 0 Å². The zero-order valence-electron chi connectivity index (χ0n) is 20.6. The topological polar surface area (TPSA) is 12.0 Å². The molecule has 1 heteroatoms. The van der Waals surface area contributed by atoms with Gasteiger partial charge >= 0.3 is 0 Å². The summed E-state index contributed by atoms with van der Waals surface area (Å²) in [5.74, 6) is 0. The zero-order chi connectivity index (χ0) is 21.6. The van der Waals surface area contributed by atoms with E-state index in [4.69, 9.17) is 0 Å². The fourth-order valence-electron chi connectivity index (χ4n) is 4.06. The highest BCUT2D eigenvalue weighted by Crippen LogP contribution is 2.17. The standard InChI is InChI=1S/C28H55N/c1-6-8-10-12-14-16-18-20-22-28(29-27(5)25-24-26(3)4)23-21-19-17-15-13-11-9-7-2/h28-29H,3,5-25H2,1-2,4H3. The maximum atomic E-state index is 4.29. The molecule has 0 amide bonds. The number of allylic oxidation sites excluding steroid dienone is 2. The van der Waals surface area contributed by atoms with Gasteiger partial charge in [0.1, 0.15) is 0 Å². The predicted octanol–water partition coefficient (Wildman–Crippen LogP) is 9.88. The van der Waals surface area contributed by atoms with E-state index in [-0.39, 0.29) is 0 Å². The molecule has 0 saturated heterocycles. The molecular formula is C28H55N. The molecule has 0 saturated carbocycles. The van der Waals surface area contributed by atoms with Gasteiger partial charge in [0, 0.05) is 11.7 Å². The van der Waals surface area contributed by atoms with Crippen molar-refractivity contribution in [2.24, 2.45) is 0 Å². The molecule has 0 spiro atoms. The summed E-state index contributed by atoms with van der Waals surface area (Å²) in [5.41, 5.74) is 2.48. The number of hydrogen-bond acceptors (Lipinski definition) is 1. The van der Waals surface area contributed by atoms with Gasteiger partial charge in [-0.05, 0) is 32.6 Å². The molecule has 0 aromatic rings. The van der Waals surface area contributed by atoms with Crippen LogP contribution in [0, 0.1) is 0 Å². The van der Waals surface area contributed by atoms with E-state index >= 15 is 0 Å². The lowest BCUT2D eigenvalue weighted by Gasteiger charge is -2.22. The number of rotatable bonds is 23. The van der Waals surface area contributed by atoms with Crippen molar-refractivity contribution in [3.8, 4) is 0 Å². The van der Waals surface area contributed by atoms with Gasteiger partial charge in [0.15, 0.2) is 0 Å². The summed E-state index contributed by atoms with van der Waals surface area (Å²) < 4.78 is 0. The van der Waals surface area contributed by atoms with E-state index in [2.05, 4.69) is 39.2 Å². The second-order valence-electron chi connectivity index (χ2n) is 9.43. The maximum absolute atomic E-state index is 4.29. The third-order valence-electron chi connectivity index (χ3n) is 6.07. The van der Waals surface area contributed by atoms with Gasteiger partial charge in [0.05, 0.1) is 0 Å². The molecule has 0 aliphatic rings. The first-order valence-corrected chi connectivity index (χ1v) is 13.2. The molecule has 0 rings (SSSR count). The Kier molecular flexibility index (Phi) is 21.4. The second-order valence-corrected chi connectivity index (χ2v) is 9.43. The Morgan fingerprint density at radius 2 is 0.966 bits per heavy atom.